The molecule has 5 heteroatoms. The van der Waals surface area contributed by atoms with Gasteiger partial charge in [-0.25, -0.2) is 0 Å². The summed E-state index contributed by atoms with van der Waals surface area (Å²) in [7, 11) is 3.33. The Morgan fingerprint density at radius 2 is 1.88 bits per heavy atom. The summed E-state index contributed by atoms with van der Waals surface area (Å²) in [6.45, 7) is 2.45. The Balaban J connectivity index is 1.76. The molecule has 0 saturated heterocycles. The molecule has 132 valence electrons. The van der Waals surface area contributed by atoms with Crippen molar-refractivity contribution in [2.24, 2.45) is 0 Å². The number of hydrogen-bond donors (Lipinski definition) is 0. The zero-order valence-electron chi connectivity index (χ0n) is 14.9. The van der Waals surface area contributed by atoms with Crippen LogP contribution in [0.1, 0.15) is 24.1 Å². The third-order valence-corrected chi connectivity index (χ3v) is 5.30. The Labute approximate surface area is 151 Å². The molecular weight excluding hydrogens is 330 g/mol. The van der Waals surface area contributed by atoms with Crippen LogP contribution < -0.4 is 29.4 Å². The highest BCUT2D eigenvalue weighted by molar-refractivity contribution is 5.72. The number of ether oxygens (including phenoxy) is 4. The summed E-state index contributed by atoms with van der Waals surface area (Å²) in [4.78, 5) is 2.22. The zero-order valence-corrected chi connectivity index (χ0v) is 14.9. The molecule has 0 fully saturated rings. The number of nitrogens with zero attached hydrogens (tertiary/aromatic N) is 1. The zero-order chi connectivity index (χ0) is 17.8. The first-order chi connectivity index (χ1) is 12.7. The standard InChI is InChI=1S/C21H19NO4/c1-12-14-4-5-17-21(26-11-25-17)16(14)10-22-7-6-13-8-18(23-2)19(24-3)9-15(13)20(12)22/h4-10,20H,11H2,1-3H3. The van der Waals surface area contributed by atoms with Crippen molar-refractivity contribution >= 4 is 17.8 Å². The highest BCUT2D eigenvalue weighted by Crippen LogP contribution is 2.42. The summed E-state index contributed by atoms with van der Waals surface area (Å²) in [5, 5.41) is 2.26. The molecule has 5 rings (SSSR count). The summed E-state index contributed by atoms with van der Waals surface area (Å²) in [5.74, 6) is 3.11. The van der Waals surface area contributed by atoms with Crippen molar-refractivity contribution in [3.63, 3.8) is 0 Å². The van der Waals surface area contributed by atoms with Crippen LogP contribution in [0.25, 0.3) is 17.8 Å². The van der Waals surface area contributed by atoms with Crippen LogP contribution in [0.3, 0.4) is 0 Å². The van der Waals surface area contributed by atoms with E-state index in [4.69, 9.17) is 18.9 Å². The molecule has 2 aromatic rings. The second-order valence-electron chi connectivity index (χ2n) is 6.57. The van der Waals surface area contributed by atoms with Crippen molar-refractivity contribution in [3.8, 4) is 23.0 Å². The normalized spacial score (nSPS) is 18.7. The molecule has 0 amide bonds. The van der Waals surface area contributed by atoms with Crippen molar-refractivity contribution in [2.75, 3.05) is 21.0 Å². The Morgan fingerprint density at radius 1 is 1.08 bits per heavy atom. The molecular formula is C21H19NO4. The van der Waals surface area contributed by atoms with Gasteiger partial charge in [0.05, 0.1) is 20.3 Å². The van der Waals surface area contributed by atoms with Crippen LogP contribution in [0.5, 0.6) is 23.0 Å². The summed E-state index contributed by atoms with van der Waals surface area (Å²) >= 11 is 0. The van der Waals surface area contributed by atoms with E-state index in [9.17, 15) is 0 Å². The molecule has 0 saturated carbocycles. The first-order valence-corrected chi connectivity index (χ1v) is 8.54. The molecule has 0 radical (unpaired) electrons. The molecule has 0 aromatic heterocycles. The lowest BCUT2D eigenvalue weighted by atomic mass is 9.88. The van der Waals surface area contributed by atoms with Gasteiger partial charge < -0.3 is 23.8 Å². The second kappa shape index (κ2) is 5.46. The average molecular weight is 349 g/mol. The lowest BCUT2D eigenvalue weighted by molar-refractivity contribution is 0.173. The SMILES string of the molecule is COc1cc2c(cc1OC)C1C(C)=c3ccc4c(c3=CN1C=C2)OCO4. The number of fused-ring (bicyclic) bond motifs is 6. The van der Waals surface area contributed by atoms with Gasteiger partial charge in [0.1, 0.15) is 0 Å². The lowest BCUT2D eigenvalue weighted by Crippen LogP contribution is -2.39. The van der Waals surface area contributed by atoms with Crippen molar-refractivity contribution in [3.05, 3.63) is 52.0 Å². The molecule has 3 aliphatic rings. The Morgan fingerprint density at radius 3 is 2.69 bits per heavy atom. The first kappa shape index (κ1) is 15.2. The minimum absolute atomic E-state index is 0.114. The Bertz CT molecular complexity index is 1070. The molecule has 0 N–H and O–H groups in total. The van der Waals surface area contributed by atoms with E-state index in [1.165, 1.54) is 16.4 Å². The summed E-state index contributed by atoms with van der Waals surface area (Å²) < 4.78 is 22.2. The van der Waals surface area contributed by atoms with Gasteiger partial charge in [-0.3, -0.25) is 0 Å². The largest absolute Gasteiger partial charge is 0.493 e. The van der Waals surface area contributed by atoms with Crippen LogP contribution in [-0.2, 0) is 0 Å². The molecule has 0 bridgehead atoms. The van der Waals surface area contributed by atoms with Gasteiger partial charge in [0.2, 0.25) is 6.79 Å². The summed E-state index contributed by atoms with van der Waals surface area (Å²) in [6.07, 6.45) is 6.33. The van der Waals surface area contributed by atoms with E-state index < -0.39 is 0 Å². The molecule has 3 heterocycles. The highest BCUT2D eigenvalue weighted by Gasteiger charge is 2.30. The van der Waals surface area contributed by atoms with Crippen LogP contribution in [0.15, 0.2) is 30.5 Å². The van der Waals surface area contributed by atoms with E-state index >= 15 is 0 Å². The molecule has 5 nitrogen and oxygen atoms in total. The summed E-state index contributed by atoms with van der Waals surface area (Å²) in [5.41, 5.74) is 3.60. The van der Waals surface area contributed by atoms with Crippen LogP contribution >= 0.6 is 0 Å². The fourth-order valence-corrected chi connectivity index (χ4v) is 4.04. The van der Waals surface area contributed by atoms with E-state index in [0.717, 1.165) is 33.8 Å². The molecule has 26 heavy (non-hydrogen) atoms. The molecule has 3 aliphatic heterocycles. The van der Waals surface area contributed by atoms with Crippen LogP contribution in [0.4, 0.5) is 0 Å². The molecule has 1 atom stereocenters. The molecule has 0 aliphatic carbocycles. The van der Waals surface area contributed by atoms with Gasteiger partial charge in [0, 0.05) is 17.6 Å². The lowest BCUT2D eigenvalue weighted by Gasteiger charge is -2.36. The van der Waals surface area contributed by atoms with Crippen LogP contribution in [-0.4, -0.2) is 25.9 Å². The predicted octanol–water partition coefficient (Wildman–Crippen LogP) is 2.38. The smallest absolute Gasteiger partial charge is 0.231 e. The number of rotatable bonds is 2. The van der Waals surface area contributed by atoms with E-state index in [1.807, 2.05) is 12.1 Å². The van der Waals surface area contributed by atoms with Crippen molar-refractivity contribution < 1.29 is 18.9 Å². The van der Waals surface area contributed by atoms with Crippen LogP contribution in [0.2, 0.25) is 0 Å². The number of hydrogen-bond acceptors (Lipinski definition) is 5. The highest BCUT2D eigenvalue weighted by atomic mass is 16.7. The topological polar surface area (TPSA) is 40.2 Å². The van der Waals surface area contributed by atoms with Gasteiger partial charge in [-0.05, 0) is 53.1 Å². The Hall–Kier alpha value is -3.08. The number of methoxy groups -OCH3 is 2. The van der Waals surface area contributed by atoms with E-state index in [-0.39, 0.29) is 12.8 Å². The van der Waals surface area contributed by atoms with Gasteiger partial charge in [-0.15, -0.1) is 0 Å². The average Bonchev–Trinajstić information content (AvgIpc) is 3.15. The maximum absolute atomic E-state index is 5.71. The third kappa shape index (κ3) is 1.97. The van der Waals surface area contributed by atoms with Gasteiger partial charge >= 0.3 is 0 Å². The molecule has 1 unspecified atom stereocenters. The van der Waals surface area contributed by atoms with Crippen LogP contribution in [0, 0.1) is 0 Å². The predicted molar refractivity (Wildman–Crippen MR) is 98.5 cm³/mol. The second-order valence-corrected chi connectivity index (χ2v) is 6.57. The minimum atomic E-state index is 0.114. The molecule has 2 aromatic carbocycles. The first-order valence-electron chi connectivity index (χ1n) is 8.54. The van der Waals surface area contributed by atoms with Crippen molar-refractivity contribution in [2.45, 2.75) is 13.0 Å². The maximum Gasteiger partial charge on any atom is 0.231 e. The summed E-state index contributed by atoms with van der Waals surface area (Å²) in [6, 6.07) is 8.32. The molecule has 0 spiro atoms. The van der Waals surface area contributed by atoms with E-state index in [2.05, 4.69) is 42.4 Å². The van der Waals surface area contributed by atoms with Crippen molar-refractivity contribution in [1.29, 1.82) is 0 Å². The third-order valence-electron chi connectivity index (χ3n) is 5.30. The number of benzene rings is 2. The van der Waals surface area contributed by atoms with Gasteiger partial charge in [0.15, 0.2) is 23.0 Å². The van der Waals surface area contributed by atoms with E-state index in [0.29, 0.717) is 0 Å². The van der Waals surface area contributed by atoms with Gasteiger partial charge in [-0.1, -0.05) is 6.07 Å². The fourth-order valence-electron chi connectivity index (χ4n) is 4.04. The van der Waals surface area contributed by atoms with Gasteiger partial charge in [-0.2, -0.15) is 0 Å². The van der Waals surface area contributed by atoms with Crippen molar-refractivity contribution in [1.82, 2.24) is 4.90 Å². The Kier molecular flexibility index (Phi) is 3.19. The maximum atomic E-state index is 5.71. The van der Waals surface area contributed by atoms with Gasteiger partial charge in [0.25, 0.3) is 0 Å². The van der Waals surface area contributed by atoms with E-state index in [1.54, 1.807) is 14.2 Å². The minimum Gasteiger partial charge on any atom is -0.493 e. The fraction of sp³-hybridized carbons (Fsp3) is 0.238. The monoisotopic (exact) mass is 349 g/mol. The quantitative estimate of drug-likeness (QED) is 0.833.